The fourth-order valence-corrected chi connectivity index (χ4v) is 2.59. The van der Waals surface area contributed by atoms with Crippen molar-refractivity contribution in [1.82, 2.24) is 0 Å². The fraction of sp³-hybridized carbons (Fsp3) is 0.0588. The molecule has 0 aliphatic carbocycles. The van der Waals surface area contributed by atoms with Gasteiger partial charge in [-0.3, -0.25) is 4.79 Å². The molecule has 3 aromatic rings. The van der Waals surface area contributed by atoms with Gasteiger partial charge in [-0.1, -0.05) is 28.1 Å². The van der Waals surface area contributed by atoms with Gasteiger partial charge in [0.05, 0.1) is 5.39 Å². The maximum Gasteiger partial charge on any atom is 0.342 e. The summed E-state index contributed by atoms with van der Waals surface area (Å²) in [7, 11) is 0. The van der Waals surface area contributed by atoms with Gasteiger partial charge in [0.2, 0.25) is 5.43 Å². The van der Waals surface area contributed by atoms with Crippen molar-refractivity contribution in [3.05, 3.63) is 74.6 Å². The molecule has 5 nitrogen and oxygen atoms in total. The van der Waals surface area contributed by atoms with Crippen LogP contribution in [0.2, 0.25) is 0 Å². The second-order valence-electron chi connectivity index (χ2n) is 4.86. The molecule has 3 rings (SSSR count). The van der Waals surface area contributed by atoms with Crippen molar-refractivity contribution in [1.29, 1.82) is 0 Å². The average molecular weight is 375 g/mol. The van der Waals surface area contributed by atoms with E-state index < -0.39 is 17.0 Å². The number of rotatable bonds is 4. The lowest BCUT2D eigenvalue weighted by atomic mass is 10.1. The van der Waals surface area contributed by atoms with E-state index in [0.717, 1.165) is 16.3 Å². The van der Waals surface area contributed by atoms with Crippen molar-refractivity contribution < 1.29 is 19.1 Å². The molecule has 23 heavy (non-hydrogen) atoms. The van der Waals surface area contributed by atoms with Gasteiger partial charge in [-0.25, -0.2) is 4.79 Å². The first kappa shape index (κ1) is 15.3. The predicted molar refractivity (Wildman–Crippen MR) is 87.9 cm³/mol. The van der Waals surface area contributed by atoms with Gasteiger partial charge in [-0.05, 0) is 35.9 Å². The first-order valence-electron chi connectivity index (χ1n) is 6.71. The van der Waals surface area contributed by atoms with E-state index in [2.05, 4.69) is 15.9 Å². The van der Waals surface area contributed by atoms with E-state index in [-0.39, 0.29) is 5.39 Å². The molecule has 0 spiro atoms. The zero-order valence-corrected chi connectivity index (χ0v) is 13.4. The largest absolute Gasteiger partial charge is 0.489 e. The van der Waals surface area contributed by atoms with E-state index in [1.807, 2.05) is 24.3 Å². The molecule has 1 aromatic heterocycles. The maximum atomic E-state index is 12.1. The van der Waals surface area contributed by atoms with Crippen molar-refractivity contribution in [2.75, 3.05) is 0 Å². The molecule has 1 heterocycles. The minimum atomic E-state index is -1.32. The van der Waals surface area contributed by atoms with Crippen LogP contribution in [0.25, 0.3) is 11.0 Å². The molecule has 116 valence electrons. The van der Waals surface area contributed by atoms with Crippen LogP contribution in [-0.2, 0) is 6.61 Å². The van der Waals surface area contributed by atoms with Gasteiger partial charge in [-0.2, -0.15) is 0 Å². The first-order valence-corrected chi connectivity index (χ1v) is 7.50. The Morgan fingerprint density at radius 3 is 2.78 bits per heavy atom. The van der Waals surface area contributed by atoms with E-state index in [4.69, 9.17) is 14.3 Å². The minimum absolute atomic E-state index is 0.177. The van der Waals surface area contributed by atoms with Crippen molar-refractivity contribution in [3.63, 3.8) is 0 Å². The molecule has 0 amide bonds. The Hall–Kier alpha value is -2.60. The molecule has 0 unspecified atom stereocenters. The Bertz CT molecular complexity index is 945. The molecule has 0 bridgehead atoms. The molecule has 0 atom stereocenters. The Kier molecular flexibility index (Phi) is 4.16. The Morgan fingerprint density at radius 2 is 2.04 bits per heavy atom. The summed E-state index contributed by atoms with van der Waals surface area (Å²) < 4.78 is 11.8. The number of benzene rings is 2. The topological polar surface area (TPSA) is 76.7 Å². The Labute approximate surface area is 139 Å². The second kappa shape index (κ2) is 6.26. The van der Waals surface area contributed by atoms with Crippen LogP contribution in [0.1, 0.15) is 15.9 Å². The van der Waals surface area contributed by atoms with Gasteiger partial charge < -0.3 is 14.3 Å². The van der Waals surface area contributed by atoms with Gasteiger partial charge in [0, 0.05) is 4.47 Å². The van der Waals surface area contributed by atoms with Crippen LogP contribution in [0.15, 0.2) is 62.4 Å². The van der Waals surface area contributed by atoms with Gasteiger partial charge >= 0.3 is 5.97 Å². The summed E-state index contributed by atoms with van der Waals surface area (Å²) in [6.07, 6.45) is 0.953. The summed E-state index contributed by atoms with van der Waals surface area (Å²) >= 11 is 3.39. The van der Waals surface area contributed by atoms with E-state index in [9.17, 15) is 9.59 Å². The fourth-order valence-electron chi connectivity index (χ4n) is 2.14. The molecule has 6 heteroatoms. The number of hydrogen-bond acceptors (Lipinski definition) is 4. The maximum absolute atomic E-state index is 12.1. The summed E-state index contributed by atoms with van der Waals surface area (Å²) in [4.78, 5) is 23.1. The number of aromatic carboxylic acids is 1. The third kappa shape index (κ3) is 3.27. The van der Waals surface area contributed by atoms with E-state index in [0.29, 0.717) is 17.9 Å². The highest BCUT2D eigenvalue weighted by molar-refractivity contribution is 9.10. The second-order valence-corrected chi connectivity index (χ2v) is 5.78. The van der Waals surface area contributed by atoms with Crippen LogP contribution < -0.4 is 10.2 Å². The standard InChI is InChI=1S/C17H11BrO5/c18-11-3-1-2-10(6-11)8-22-12-4-5-15-13(7-12)16(19)14(9-23-15)17(20)21/h1-7,9H,8H2,(H,20,21). The molecule has 0 aliphatic heterocycles. The van der Waals surface area contributed by atoms with Crippen LogP contribution in [0.3, 0.4) is 0 Å². The number of hydrogen-bond donors (Lipinski definition) is 1. The third-order valence-electron chi connectivity index (χ3n) is 3.27. The zero-order valence-electron chi connectivity index (χ0n) is 11.8. The molecule has 2 aromatic carbocycles. The lowest BCUT2D eigenvalue weighted by Gasteiger charge is -2.07. The third-order valence-corrected chi connectivity index (χ3v) is 3.76. The quantitative estimate of drug-likeness (QED) is 0.750. The molecular weight excluding hydrogens is 364 g/mol. The number of ether oxygens (including phenoxy) is 1. The van der Waals surface area contributed by atoms with E-state index in [1.165, 1.54) is 6.07 Å². The van der Waals surface area contributed by atoms with Crippen molar-refractivity contribution >= 4 is 32.9 Å². The summed E-state index contributed by atoms with van der Waals surface area (Å²) in [6, 6.07) is 12.4. The smallest absolute Gasteiger partial charge is 0.342 e. The summed E-state index contributed by atoms with van der Waals surface area (Å²) in [6.45, 7) is 0.328. The highest BCUT2D eigenvalue weighted by Crippen LogP contribution is 2.21. The zero-order chi connectivity index (χ0) is 16.4. The molecule has 0 aliphatic rings. The van der Waals surface area contributed by atoms with E-state index in [1.54, 1.807) is 12.1 Å². The highest BCUT2D eigenvalue weighted by Gasteiger charge is 2.13. The minimum Gasteiger partial charge on any atom is -0.489 e. The van der Waals surface area contributed by atoms with Gasteiger partial charge in [0.15, 0.2) is 0 Å². The molecular formula is C17H11BrO5. The normalized spacial score (nSPS) is 10.7. The molecule has 0 saturated carbocycles. The van der Waals surface area contributed by atoms with Crippen molar-refractivity contribution in [2.24, 2.45) is 0 Å². The summed E-state index contributed by atoms with van der Waals surface area (Å²) in [5.41, 5.74) is 0.286. The summed E-state index contributed by atoms with van der Waals surface area (Å²) in [5.74, 6) is -0.853. The number of carboxylic acid groups (broad SMARTS) is 1. The van der Waals surface area contributed by atoms with Crippen molar-refractivity contribution in [2.45, 2.75) is 6.61 Å². The Morgan fingerprint density at radius 1 is 1.22 bits per heavy atom. The summed E-state index contributed by atoms with van der Waals surface area (Å²) in [5, 5.41) is 9.15. The van der Waals surface area contributed by atoms with Crippen LogP contribution in [0.5, 0.6) is 5.75 Å². The SMILES string of the molecule is O=C(O)c1coc2ccc(OCc3cccc(Br)c3)cc2c1=O. The molecule has 1 N–H and O–H groups in total. The molecule has 0 fully saturated rings. The van der Waals surface area contributed by atoms with Gasteiger partial charge in [0.25, 0.3) is 0 Å². The highest BCUT2D eigenvalue weighted by atomic mass is 79.9. The number of carbonyl (C=O) groups is 1. The number of halogens is 1. The van der Waals surface area contributed by atoms with Crippen LogP contribution in [0.4, 0.5) is 0 Å². The van der Waals surface area contributed by atoms with Gasteiger partial charge in [0.1, 0.15) is 29.8 Å². The molecule has 0 saturated heterocycles. The lowest BCUT2D eigenvalue weighted by molar-refractivity contribution is 0.0693. The number of carboxylic acids is 1. The molecule has 0 radical (unpaired) electrons. The van der Waals surface area contributed by atoms with E-state index >= 15 is 0 Å². The van der Waals surface area contributed by atoms with Crippen molar-refractivity contribution in [3.8, 4) is 5.75 Å². The van der Waals surface area contributed by atoms with Gasteiger partial charge in [-0.15, -0.1) is 0 Å². The average Bonchev–Trinajstić information content (AvgIpc) is 2.53. The van der Waals surface area contributed by atoms with Crippen LogP contribution in [0, 0.1) is 0 Å². The number of fused-ring (bicyclic) bond motifs is 1. The monoisotopic (exact) mass is 374 g/mol. The predicted octanol–water partition coefficient (Wildman–Crippen LogP) is 3.83. The van der Waals surface area contributed by atoms with Crippen LogP contribution in [-0.4, -0.2) is 11.1 Å². The van der Waals surface area contributed by atoms with Crippen LogP contribution >= 0.6 is 15.9 Å². The lowest BCUT2D eigenvalue weighted by Crippen LogP contribution is -2.14. The Balaban J connectivity index is 1.91. The first-order chi connectivity index (χ1) is 11.0.